The lowest BCUT2D eigenvalue weighted by molar-refractivity contribution is 0.414. The third kappa shape index (κ3) is 3.25. The Bertz CT molecular complexity index is 628. The van der Waals surface area contributed by atoms with Crippen molar-refractivity contribution in [3.63, 3.8) is 0 Å². The van der Waals surface area contributed by atoms with Crippen LogP contribution >= 0.6 is 0 Å². The summed E-state index contributed by atoms with van der Waals surface area (Å²) >= 11 is 0. The van der Waals surface area contributed by atoms with Gasteiger partial charge >= 0.3 is 0 Å². The molecular formula is C17H23N5. The molecule has 5 heteroatoms. The molecule has 0 bridgehead atoms. The van der Waals surface area contributed by atoms with Crippen molar-refractivity contribution in [1.29, 1.82) is 0 Å². The predicted molar refractivity (Wildman–Crippen MR) is 88.0 cm³/mol. The van der Waals surface area contributed by atoms with Gasteiger partial charge in [0, 0.05) is 18.5 Å². The van der Waals surface area contributed by atoms with E-state index in [9.17, 15) is 0 Å². The number of rotatable bonds is 4. The Morgan fingerprint density at radius 3 is 2.68 bits per heavy atom. The number of hydrogen-bond acceptors (Lipinski definition) is 5. The monoisotopic (exact) mass is 297 g/mol. The Balaban J connectivity index is 1.87. The summed E-state index contributed by atoms with van der Waals surface area (Å²) in [5, 5.41) is 12.2. The highest BCUT2D eigenvalue weighted by molar-refractivity contribution is 5.46. The smallest absolute Gasteiger partial charge is 0.152 e. The van der Waals surface area contributed by atoms with E-state index < -0.39 is 0 Å². The van der Waals surface area contributed by atoms with Gasteiger partial charge in [0.15, 0.2) is 5.82 Å². The first-order valence-electron chi connectivity index (χ1n) is 7.84. The van der Waals surface area contributed by atoms with Crippen molar-refractivity contribution in [2.24, 2.45) is 0 Å². The van der Waals surface area contributed by atoms with Crippen LogP contribution in [-0.4, -0.2) is 46.3 Å². The van der Waals surface area contributed by atoms with Crippen molar-refractivity contribution < 1.29 is 0 Å². The number of benzene rings is 1. The van der Waals surface area contributed by atoms with Gasteiger partial charge in [-0.25, -0.2) is 4.98 Å². The normalized spacial score (nSPS) is 20.0. The first kappa shape index (κ1) is 14.9. The summed E-state index contributed by atoms with van der Waals surface area (Å²) < 4.78 is 0. The van der Waals surface area contributed by atoms with Crippen LogP contribution in [-0.2, 0) is 0 Å². The Morgan fingerprint density at radius 2 is 2.00 bits per heavy atom. The Kier molecular flexibility index (Phi) is 4.34. The molecule has 1 saturated heterocycles. The zero-order valence-corrected chi connectivity index (χ0v) is 13.5. The van der Waals surface area contributed by atoms with Gasteiger partial charge < -0.3 is 10.2 Å². The standard InChI is InChI=1S/C17H23N5/c1-12(14-7-5-4-6-8-14)16-17(18-13(2)20-21-16)19-15-9-10-22(3)11-15/h4-8,12,15H,9-11H2,1-3H3,(H,18,19,20)/t12?,15-/m0/s1. The van der Waals surface area contributed by atoms with Gasteiger partial charge in [-0.3, -0.25) is 0 Å². The van der Waals surface area contributed by atoms with Crippen LogP contribution in [0.2, 0.25) is 0 Å². The summed E-state index contributed by atoms with van der Waals surface area (Å²) in [5.74, 6) is 1.76. The molecule has 0 saturated carbocycles. The lowest BCUT2D eigenvalue weighted by atomic mass is 9.97. The Labute approximate surface area is 131 Å². The van der Waals surface area contributed by atoms with E-state index >= 15 is 0 Å². The molecule has 1 aromatic heterocycles. The molecule has 2 heterocycles. The van der Waals surface area contributed by atoms with Gasteiger partial charge in [-0.15, -0.1) is 10.2 Å². The predicted octanol–water partition coefficient (Wildman–Crippen LogP) is 2.45. The average Bonchev–Trinajstić information content (AvgIpc) is 2.93. The molecule has 1 aliphatic rings. The maximum absolute atomic E-state index is 4.60. The van der Waals surface area contributed by atoms with Crippen LogP contribution in [0.25, 0.3) is 0 Å². The molecule has 1 unspecified atom stereocenters. The number of likely N-dealkylation sites (N-methyl/N-ethyl adjacent to an activating group) is 1. The number of anilines is 1. The maximum Gasteiger partial charge on any atom is 0.152 e. The third-order valence-electron chi connectivity index (χ3n) is 4.26. The zero-order valence-electron chi connectivity index (χ0n) is 13.5. The Hall–Kier alpha value is -2.01. The Morgan fingerprint density at radius 1 is 1.23 bits per heavy atom. The summed E-state index contributed by atoms with van der Waals surface area (Å²) in [6.07, 6.45) is 1.14. The minimum atomic E-state index is 0.170. The third-order valence-corrected chi connectivity index (χ3v) is 4.26. The highest BCUT2D eigenvalue weighted by Crippen LogP contribution is 2.27. The van der Waals surface area contributed by atoms with E-state index in [4.69, 9.17) is 0 Å². The molecule has 2 aromatic rings. The molecule has 5 nitrogen and oxygen atoms in total. The molecule has 0 radical (unpaired) electrons. The molecule has 0 amide bonds. The second kappa shape index (κ2) is 6.40. The van der Waals surface area contributed by atoms with Crippen LogP contribution in [0.15, 0.2) is 30.3 Å². The summed E-state index contributed by atoms with van der Waals surface area (Å²) in [6, 6.07) is 10.8. The van der Waals surface area contributed by atoms with Gasteiger partial charge in [0.1, 0.15) is 11.5 Å². The van der Waals surface area contributed by atoms with Crippen LogP contribution in [0.4, 0.5) is 5.82 Å². The van der Waals surface area contributed by atoms with Gasteiger partial charge in [-0.2, -0.15) is 0 Å². The van der Waals surface area contributed by atoms with Crippen molar-refractivity contribution in [3.05, 3.63) is 47.4 Å². The first-order valence-corrected chi connectivity index (χ1v) is 7.84. The fourth-order valence-electron chi connectivity index (χ4n) is 2.96. The van der Waals surface area contributed by atoms with Crippen LogP contribution in [0.3, 0.4) is 0 Å². The molecule has 0 spiro atoms. The van der Waals surface area contributed by atoms with E-state index in [2.05, 4.69) is 63.6 Å². The second-order valence-electron chi connectivity index (χ2n) is 6.12. The average molecular weight is 297 g/mol. The molecule has 1 aromatic carbocycles. The van der Waals surface area contributed by atoms with E-state index in [1.807, 2.05) is 13.0 Å². The van der Waals surface area contributed by atoms with Gasteiger partial charge in [0.25, 0.3) is 0 Å². The molecule has 0 aliphatic carbocycles. The largest absolute Gasteiger partial charge is 0.364 e. The van der Waals surface area contributed by atoms with E-state index in [1.165, 1.54) is 5.56 Å². The minimum Gasteiger partial charge on any atom is -0.364 e. The molecule has 1 aliphatic heterocycles. The SMILES string of the molecule is Cc1nnc(C(C)c2ccccc2)c(N[C@H]2CCN(C)C2)n1. The maximum atomic E-state index is 4.60. The molecule has 22 heavy (non-hydrogen) atoms. The quantitative estimate of drug-likeness (QED) is 0.939. The molecule has 1 fully saturated rings. The molecule has 2 atom stereocenters. The number of aromatic nitrogens is 3. The van der Waals surface area contributed by atoms with Crippen LogP contribution in [0.5, 0.6) is 0 Å². The lowest BCUT2D eigenvalue weighted by Crippen LogP contribution is -2.25. The van der Waals surface area contributed by atoms with E-state index in [-0.39, 0.29) is 5.92 Å². The lowest BCUT2D eigenvalue weighted by Gasteiger charge is -2.19. The second-order valence-corrected chi connectivity index (χ2v) is 6.12. The van der Waals surface area contributed by atoms with Crippen LogP contribution in [0.1, 0.15) is 36.3 Å². The molecular weight excluding hydrogens is 274 g/mol. The van der Waals surface area contributed by atoms with E-state index in [1.54, 1.807) is 0 Å². The zero-order chi connectivity index (χ0) is 15.5. The van der Waals surface area contributed by atoms with Crippen molar-refractivity contribution in [2.45, 2.75) is 32.2 Å². The number of nitrogens with one attached hydrogen (secondary N) is 1. The van der Waals surface area contributed by atoms with Crippen molar-refractivity contribution in [1.82, 2.24) is 20.1 Å². The van der Waals surface area contributed by atoms with Crippen molar-refractivity contribution in [3.8, 4) is 0 Å². The number of aryl methyl sites for hydroxylation is 1. The number of hydrogen-bond donors (Lipinski definition) is 1. The van der Waals surface area contributed by atoms with Crippen molar-refractivity contribution in [2.75, 3.05) is 25.5 Å². The van der Waals surface area contributed by atoms with Gasteiger partial charge in [-0.05, 0) is 32.5 Å². The van der Waals surface area contributed by atoms with Crippen LogP contribution < -0.4 is 5.32 Å². The van der Waals surface area contributed by atoms with E-state index in [0.717, 1.165) is 31.0 Å². The summed E-state index contributed by atoms with van der Waals surface area (Å²) in [6.45, 7) is 6.21. The highest BCUT2D eigenvalue weighted by Gasteiger charge is 2.23. The summed E-state index contributed by atoms with van der Waals surface area (Å²) in [7, 11) is 2.15. The first-order chi connectivity index (χ1) is 10.6. The molecule has 1 N–H and O–H groups in total. The molecule has 3 rings (SSSR count). The van der Waals surface area contributed by atoms with Crippen molar-refractivity contribution >= 4 is 5.82 Å². The van der Waals surface area contributed by atoms with Gasteiger partial charge in [0.05, 0.1) is 0 Å². The summed E-state index contributed by atoms with van der Waals surface area (Å²) in [5.41, 5.74) is 2.15. The minimum absolute atomic E-state index is 0.170. The summed E-state index contributed by atoms with van der Waals surface area (Å²) in [4.78, 5) is 6.94. The number of likely N-dealkylation sites (tertiary alicyclic amines) is 1. The van der Waals surface area contributed by atoms with Gasteiger partial charge in [0.2, 0.25) is 0 Å². The van der Waals surface area contributed by atoms with E-state index in [0.29, 0.717) is 11.9 Å². The number of nitrogens with zero attached hydrogens (tertiary/aromatic N) is 4. The fourth-order valence-corrected chi connectivity index (χ4v) is 2.96. The van der Waals surface area contributed by atoms with Gasteiger partial charge in [-0.1, -0.05) is 37.3 Å². The molecule has 116 valence electrons. The topological polar surface area (TPSA) is 53.9 Å². The fraction of sp³-hybridized carbons (Fsp3) is 0.471. The van der Waals surface area contributed by atoms with Crippen LogP contribution in [0, 0.1) is 6.92 Å². The highest BCUT2D eigenvalue weighted by atomic mass is 15.2.